The molecular formula is C22H25N3O4. The monoisotopic (exact) mass is 395 g/mol. The molecule has 0 aromatic heterocycles. The van der Waals surface area contributed by atoms with Crippen molar-refractivity contribution in [2.45, 2.75) is 12.5 Å². The van der Waals surface area contributed by atoms with Gasteiger partial charge in [-0.25, -0.2) is 0 Å². The topological polar surface area (TPSA) is 63.6 Å². The minimum absolute atomic E-state index is 0.00803. The number of hydrogen-bond acceptors (Lipinski definition) is 6. The van der Waals surface area contributed by atoms with Gasteiger partial charge in [0, 0.05) is 38.2 Å². The largest absolute Gasteiger partial charge is 0.497 e. The van der Waals surface area contributed by atoms with Crippen LogP contribution in [-0.4, -0.2) is 63.0 Å². The van der Waals surface area contributed by atoms with E-state index in [1.807, 2.05) is 53.4 Å². The molecule has 0 N–H and O–H groups in total. The molecule has 1 saturated heterocycles. The van der Waals surface area contributed by atoms with E-state index < -0.39 is 6.10 Å². The molecule has 7 heteroatoms. The summed E-state index contributed by atoms with van der Waals surface area (Å²) in [6, 6.07) is 15.6. The van der Waals surface area contributed by atoms with Crippen LogP contribution >= 0.6 is 0 Å². The second kappa shape index (κ2) is 8.43. The maximum Gasteiger partial charge on any atom is 0.267 e. The first-order valence-corrected chi connectivity index (χ1v) is 9.73. The van der Waals surface area contributed by atoms with E-state index in [0.29, 0.717) is 19.5 Å². The molecule has 0 bridgehead atoms. The molecule has 4 rings (SSSR count). The Kier molecular flexibility index (Phi) is 5.55. The fraction of sp³-hybridized carbons (Fsp3) is 0.364. The van der Waals surface area contributed by atoms with Gasteiger partial charge in [0.2, 0.25) is 6.10 Å². The number of rotatable bonds is 5. The molecule has 1 amide bonds. The van der Waals surface area contributed by atoms with Crippen LogP contribution in [0.15, 0.2) is 53.7 Å². The summed E-state index contributed by atoms with van der Waals surface area (Å²) < 4.78 is 10.7. The zero-order valence-electron chi connectivity index (χ0n) is 16.7. The van der Waals surface area contributed by atoms with Crippen LogP contribution in [-0.2, 0) is 9.63 Å². The Balaban J connectivity index is 1.35. The number of hydrogen-bond donors (Lipinski definition) is 0. The molecule has 0 radical (unpaired) electrons. The standard InChI is InChI=1S/C22H25N3O4/c1-27-17-7-5-6-16(14-17)18-15-21(29-23-18)22(26)25-12-10-24(11-13-25)19-8-3-4-9-20(19)28-2/h3-9,14,21H,10-13,15H2,1-2H3/t21-/m0/s1. The fourth-order valence-electron chi connectivity index (χ4n) is 3.75. The SMILES string of the molecule is COc1cccc(C2=NO[C@H](C(=O)N3CCN(c4ccccc4OC)CC3)C2)c1. The predicted octanol–water partition coefficient (Wildman–Crippen LogP) is 2.55. The van der Waals surface area contributed by atoms with Crippen LogP contribution in [0.25, 0.3) is 0 Å². The third kappa shape index (κ3) is 3.99. The lowest BCUT2D eigenvalue weighted by atomic mass is 10.0. The Morgan fingerprint density at radius 2 is 1.83 bits per heavy atom. The number of methoxy groups -OCH3 is 2. The van der Waals surface area contributed by atoms with Gasteiger partial charge in [0.05, 0.1) is 25.6 Å². The average molecular weight is 395 g/mol. The second-order valence-electron chi connectivity index (χ2n) is 7.05. The Labute approximate surface area is 170 Å². The summed E-state index contributed by atoms with van der Waals surface area (Å²) in [5.41, 5.74) is 2.75. The van der Waals surface area contributed by atoms with Crippen LogP contribution in [0.2, 0.25) is 0 Å². The van der Waals surface area contributed by atoms with Crippen LogP contribution in [0.4, 0.5) is 5.69 Å². The smallest absolute Gasteiger partial charge is 0.267 e. The lowest BCUT2D eigenvalue weighted by molar-refractivity contribution is -0.142. The maximum absolute atomic E-state index is 12.9. The second-order valence-corrected chi connectivity index (χ2v) is 7.05. The summed E-state index contributed by atoms with van der Waals surface area (Å²) in [5, 5.41) is 4.15. The Hall–Kier alpha value is -3.22. The molecule has 0 spiro atoms. The Morgan fingerprint density at radius 1 is 1.03 bits per heavy atom. The number of carbonyl (C=O) groups is 1. The highest BCUT2D eigenvalue weighted by Crippen LogP contribution is 2.29. The van der Waals surface area contributed by atoms with E-state index in [2.05, 4.69) is 10.1 Å². The van der Waals surface area contributed by atoms with Gasteiger partial charge in [-0.05, 0) is 24.3 Å². The minimum Gasteiger partial charge on any atom is -0.497 e. The van der Waals surface area contributed by atoms with E-state index in [4.69, 9.17) is 14.3 Å². The van der Waals surface area contributed by atoms with Gasteiger partial charge < -0.3 is 24.1 Å². The fourth-order valence-corrected chi connectivity index (χ4v) is 3.75. The molecule has 2 aliphatic rings. The summed E-state index contributed by atoms with van der Waals surface area (Å²) in [7, 11) is 3.30. The highest BCUT2D eigenvalue weighted by atomic mass is 16.6. The van der Waals surface area contributed by atoms with E-state index >= 15 is 0 Å². The summed E-state index contributed by atoms with van der Waals surface area (Å²) in [6.45, 7) is 2.79. The molecule has 0 saturated carbocycles. The van der Waals surface area contributed by atoms with Crippen LogP contribution < -0.4 is 14.4 Å². The number of anilines is 1. The molecule has 2 aromatic rings. The average Bonchev–Trinajstić information content (AvgIpc) is 3.29. The molecule has 2 heterocycles. The maximum atomic E-state index is 12.9. The molecule has 1 atom stereocenters. The number of nitrogens with zero attached hydrogens (tertiary/aromatic N) is 3. The summed E-state index contributed by atoms with van der Waals surface area (Å²) in [5.74, 6) is 1.60. The molecular weight excluding hydrogens is 370 g/mol. The van der Waals surface area contributed by atoms with E-state index in [9.17, 15) is 4.79 Å². The van der Waals surface area contributed by atoms with E-state index in [1.165, 1.54) is 0 Å². The molecule has 2 aliphatic heterocycles. The van der Waals surface area contributed by atoms with Gasteiger partial charge >= 0.3 is 0 Å². The lowest BCUT2D eigenvalue weighted by Gasteiger charge is -2.37. The lowest BCUT2D eigenvalue weighted by Crippen LogP contribution is -2.51. The Morgan fingerprint density at radius 3 is 2.59 bits per heavy atom. The van der Waals surface area contributed by atoms with E-state index in [1.54, 1.807) is 14.2 Å². The third-order valence-electron chi connectivity index (χ3n) is 5.36. The van der Waals surface area contributed by atoms with Crippen molar-refractivity contribution in [3.8, 4) is 11.5 Å². The van der Waals surface area contributed by atoms with Crippen molar-refractivity contribution in [2.75, 3.05) is 45.3 Å². The summed E-state index contributed by atoms with van der Waals surface area (Å²) >= 11 is 0. The normalized spacial score (nSPS) is 18.8. The van der Waals surface area contributed by atoms with Crippen molar-refractivity contribution < 1.29 is 19.1 Å². The van der Waals surface area contributed by atoms with Gasteiger partial charge in [-0.3, -0.25) is 4.79 Å². The number of oxime groups is 1. The number of ether oxygens (including phenoxy) is 2. The van der Waals surface area contributed by atoms with E-state index in [0.717, 1.165) is 41.6 Å². The van der Waals surface area contributed by atoms with Crippen molar-refractivity contribution in [3.05, 3.63) is 54.1 Å². The van der Waals surface area contributed by atoms with Crippen molar-refractivity contribution in [3.63, 3.8) is 0 Å². The van der Waals surface area contributed by atoms with Gasteiger partial charge in [-0.15, -0.1) is 0 Å². The minimum atomic E-state index is -0.561. The zero-order valence-corrected chi connectivity index (χ0v) is 16.7. The molecule has 2 aromatic carbocycles. The van der Waals surface area contributed by atoms with Crippen molar-refractivity contribution in [2.24, 2.45) is 5.16 Å². The number of carbonyl (C=O) groups excluding carboxylic acids is 1. The van der Waals surface area contributed by atoms with Crippen molar-refractivity contribution >= 4 is 17.3 Å². The summed E-state index contributed by atoms with van der Waals surface area (Å²) in [4.78, 5) is 22.5. The van der Waals surface area contributed by atoms with Crippen molar-refractivity contribution in [1.29, 1.82) is 0 Å². The number of para-hydroxylation sites is 2. The summed E-state index contributed by atoms with van der Waals surface area (Å²) in [6.07, 6.45) is -0.0901. The molecule has 1 fully saturated rings. The van der Waals surface area contributed by atoms with Crippen molar-refractivity contribution in [1.82, 2.24) is 4.90 Å². The van der Waals surface area contributed by atoms with Crippen LogP contribution in [0.5, 0.6) is 11.5 Å². The quantitative estimate of drug-likeness (QED) is 0.779. The highest BCUT2D eigenvalue weighted by Gasteiger charge is 2.34. The predicted molar refractivity (Wildman–Crippen MR) is 111 cm³/mol. The number of amides is 1. The van der Waals surface area contributed by atoms with Gasteiger partial charge in [-0.1, -0.05) is 29.4 Å². The highest BCUT2D eigenvalue weighted by molar-refractivity contribution is 6.04. The molecule has 7 nitrogen and oxygen atoms in total. The van der Waals surface area contributed by atoms with Crippen LogP contribution in [0, 0.1) is 0 Å². The third-order valence-corrected chi connectivity index (χ3v) is 5.36. The van der Waals surface area contributed by atoms with Gasteiger partial charge in [0.25, 0.3) is 5.91 Å². The molecule has 0 unspecified atom stereocenters. The van der Waals surface area contributed by atoms with Crippen LogP contribution in [0.3, 0.4) is 0 Å². The zero-order chi connectivity index (χ0) is 20.2. The number of benzene rings is 2. The van der Waals surface area contributed by atoms with Gasteiger partial charge in [-0.2, -0.15) is 0 Å². The first kappa shape index (κ1) is 19.1. The molecule has 152 valence electrons. The molecule has 0 aliphatic carbocycles. The Bertz CT molecular complexity index is 906. The van der Waals surface area contributed by atoms with Gasteiger partial charge in [0.15, 0.2) is 0 Å². The molecule has 29 heavy (non-hydrogen) atoms. The number of piperazine rings is 1. The first-order chi connectivity index (χ1) is 14.2. The van der Waals surface area contributed by atoms with E-state index in [-0.39, 0.29) is 5.91 Å². The first-order valence-electron chi connectivity index (χ1n) is 9.73. The van der Waals surface area contributed by atoms with Gasteiger partial charge in [0.1, 0.15) is 11.5 Å². The van der Waals surface area contributed by atoms with Crippen LogP contribution in [0.1, 0.15) is 12.0 Å².